The summed E-state index contributed by atoms with van der Waals surface area (Å²) in [5, 5.41) is 11.3. The molecule has 1 aromatic carbocycles. The van der Waals surface area contributed by atoms with Crippen molar-refractivity contribution in [2.45, 2.75) is 38.8 Å². The number of carboxylic acids is 1. The topological polar surface area (TPSA) is 102 Å². The first-order valence-electron chi connectivity index (χ1n) is 7.10. The minimum Gasteiger partial charge on any atom is -0.481 e. The second-order valence-electron chi connectivity index (χ2n) is 5.01. The third-order valence-corrected chi connectivity index (χ3v) is 3.40. The van der Waals surface area contributed by atoms with Crippen molar-refractivity contribution in [1.82, 2.24) is 9.88 Å². The van der Waals surface area contributed by atoms with E-state index in [0.29, 0.717) is 17.5 Å². The van der Waals surface area contributed by atoms with Crippen LogP contribution >= 0.6 is 0 Å². The number of aliphatic carboxylic acids is 1. The molecule has 1 atom stereocenters. The van der Waals surface area contributed by atoms with Crippen LogP contribution in [0.4, 0.5) is 0 Å². The molecule has 1 aromatic heterocycles. The average Bonchev–Trinajstić information content (AvgIpc) is 2.80. The lowest BCUT2D eigenvalue weighted by Gasteiger charge is -2.17. The van der Waals surface area contributed by atoms with Crippen LogP contribution in [0.2, 0.25) is 0 Å². The van der Waals surface area contributed by atoms with Crippen molar-refractivity contribution in [3.63, 3.8) is 0 Å². The van der Waals surface area contributed by atoms with Crippen LogP contribution in [0.5, 0.6) is 0 Å². The molecule has 0 unspecified atom stereocenters. The maximum atomic E-state index is 11.9. The normalized spacial score (nSPS) is 12.2. The first-order valence-corrected chi connectivity index (χ1v) is 7.10. The van der Waals surface area contributed by atoms with Crippen LogP contribution < -0.4 is 11.1 Å². The Morgan fingerprint density at radius 3 is 2.73 bits per heavy atom. The van der Waals surface area contributed by atoms with Gasteiger partial charge < -0.3 is 14.8 Å². The van der Waals surface area contributed by atoms with Gasteiger partial charge >= 0.3 is 11.7 Å². The van der Waals surface area contributed by atoms with Crippen molar-refractivity contribution in [1.29, 1.82) is 0 Å². The van der Waals surface area contributed by atoms with Gasteiger partial charge in [-0.2, -0.15) is 0 Å². The van der Waals surface area contributed by atoms with Crippen LogP contribution in [0.25, 0.3) is 11.1 Å². The van der Waals surface area contributed by atoms with Crippen molar-refractivity contribution in [3.8, 4) is 0 Å². The van der Waals surface area contributed by atoms with Gasteiger partial charge in [0, 0.05) is 19.0 Å². The van der Waals surface area contributed by atoms with Crippen LogP contribution in [-0.2, 0) is 16.1 Å². The number of rotatable bonds is 7. The van der Waals surface area contributed by atoms with Crippen molar-refractivity contribution < 1.29 is 19.1 Å². The largest absolute Gasteiger partial charge is 0.481 e. The Balaban J connectivity index is 2.09. The zero-order chi connectivity index (χ0) is 16.1. The van der Waals surface area contributed by atoms with Crippen molar-refractivity contribution >= 4 is 23.0 Å². The standard InChI is InChI=1S/C15H18N2O5/c1-2-10(16-13(18)7-8-14(19)20)9-17-11-5-3-4-6-12(11)22-15(17)21/h3-6,10H,2,7-9H2,1H3,(H,16,18)(H,19,20)/t10-/m0/s1. The fourth-order valence-electron chi connectivity index (χ4n) is 2.20. The summed E-state index contributed by atoms with van der Waals surface area (Å²) in [4.78, 5) is 34.1. The van der Waals surface area contributed by atoms with Crippen LogP contribution in [0.15, 0.2) is 33.5 Å². The van der Waals surface area contributed by atoms with E-state index in [0.717, 1.165) is 0 Å². The number of aromatic nitrogens is 1. The number of carbonyl (C=O) groups is 2. The summed E-state index contributed by atoms with van der Waals surface area (Å²) >= 11 is 0. The van der Waals surface area contributed by atoms with Gasteiger partial charge in [0.15, 0.2) is 5.58 Å². The number of benzene rings is 1. The Hall–Kier alpha value is -2.57. The minimum atomic E-state index is -1.01. The quantitative estimate of drug-likeness (QED) is 0.804. The SMILES string of the molecule is CC[C@@H](Cn1c(=O)oc2ccccc21)NC(=O)CCC(=O)O. The highest BCUT2D eigenvalue weighted by atomic mass is 16.4. The summed E-state index contributed by atoms with van der Waals surface area (Å²) in [7, 11) is 0. The minimum absolute atomic E-state index is 0.0765. The fraction of sp³-hybridized carbons (Fsp3) is 0.400. The summed E-state index contributed by atoms with van der Waals surface area (Å²) in [5.74, 6) is -1.82. The number of carboxylic acid groups (broad SMARTS) is 1. The number of oxazole rings is 1. The molecule has 0 aliphatic heterocycles. The van der Waals surface area contributed by atoms with Gasteiger partial charge in [0.05, 0.1) is 11.9 Å². The third-order valence-electron chi connectivity index (χ3n) is 3.40. The lowest BCUT2D eigenvalue weighted by Crippen LogP contribution is -2.39. The maximum Gasteiger partial charge on any atom is 0.420 e. The second-order valence-corrected chi connectivity index (χ2v) is 5.01. The summed E-state index contributed by atoms with van der Waals surface area (Å²) in [5.41, 5.74) is 1.17. The van der Waals surface area contributed by atoms with Crippen LogP contribution in [0, 0.1) is 0 Å². The molecule has 1 amide bonds. The lowest BCUT2D eigenvalue weighted by atomic mass is 10.2. The van der Waals surface area contributed by atoms with Gasteiger partial charge in [-0.15, -0.1) is 0 Å². The van der Waals surface area contributed by atoms with E-state index in [-0.39, 0.29) is 31.3 Å². The van der Waals surface area contributed by atoms with E-state index in [1.807, 2.05) is 6.92 Å². The average molecular weight is 306 g/mol. The number of carbonyl (C=O) groups excluding carboxylic acids is 1. The molecule has 0 radical (unpaired) electrons. The smallest absolute Gasteiger partial charge is 0.420 e. The number of hydrogen-bond donors (Lipinski definition) is 2. The van der Waals surface area contributed by atoms with Gasteiger partial charge in [0.1, 0.15) is 0 Å². The Bertz CT molecular complexity index is 731. The van der Waals surface area contributed by atoms with Crippen molar-refractivity contribution in [3.05, 3.63) is 34.8 Å². The van der Waals surface area contributed by atoms with Crippen molar-refractivity contribution in [2.24, 2.45) is 0 Å². The van der Waals surface area contributed by atoms with E-state index in [9.17, 15) is 14.4 Å². The predicted octanol–water partition coefficient (Wildman–Crippen LogP) is 1.35. The summed E-state index contributed by atoms with van der Waals surface area (Å²) in [6, 6.07) is 6.81. The van der Waals surface area contributed by atoms with Crippen LogP contribution in [0.1, 0.15) is 26.2 Å². The molecule has 0 saturated heterocycles. The Morgan fingerprint density at radius 2 is 2.05 bits per heavy atom. The predicted molar refractivity (Wildman–Crippen MR) is 79.6 cm³/mol. The monoisotopic (exact) mass is 306 g/mol. The summed E-state index contributed by atoms with van der Waals surface area (Å²) in [6.45, 7) is 2.17. The van der Waals surface area contributed by atoms with Gasteiger partial charge in [0.25, 0.3) is 0 Å². The van der Waals surface area contributed by atoms with E-state index in [1.54, 1.807) is 24.3 Å². The molecule has 2 N–H and O–H groups in total. The molecular weight excluding hydrogens is 288 g/mol. The number of fused-ring (bicyclic) bond motifs is 1. The fourth-order valence-corrected chi connectivity index (χ4v) is 2.20. The zero-order valence-electron chi connectivity index (χ0n) is 12.2. The summed E-state index contributed by atoms with van der Waals surface area (Å²) < 4.78 is 6.62. The van der Waals surface area contributed by atoms with Gasteiger partial charge in [-0.1, -0.05) is 19.1 Å². The molecule has 0 bridgehead atoms. The highest BCUT2D eigenvalue weighted by Gasteiger charge is 2.16. The molecular formula is C15H18N2O5. The Morgan fingerprint density at radius 1 is 1.32 bits per heavy atom. The van der Waals surface area contributed by atoms with Gasteiger partial charge in [-0.25, -0.2) is 4.79 Å². The second kappa shape index (κ2) is 6.93. The van der Waals surface area contributed by atoms with Gasteiger partial charge in [0.2, 0.25) is 5.91 Å². The Kier molecular flexibility index (Phi) is 4.98. The van der Waals surface area contributed by atoms with E-state index >= 15 is 0 Å². The molecule has 7 heteroatoms. The van der Waals surface area contributed by atoms with Crippen LogP contribution in [0.3, 0.4) is 0 Å². The molecule has 0 aliphatic rings. The number of nitrogens with zero attached hydrogens (tertiary/aromatic N) is 1. The third kappa shape index (κ3) is 3.75. The number of hydrogen-bond acceptors (Lipinski definition) is 4. The molecule has 0 saturated carbocycles. The molecule has 7 nitrogen and oxygen atoms in total. The van der Waals surface area contributed by atoms with Crippen LogP contribution in [-0.4, -0.2) is 27.6 Å². The van der Waals surface area contributed by atoms with Gasteiger partial charge in [-0.3, -0.25) is 14.2 Å². The molecule has 1 heterocycles. The van der Waals surface area contributed by atoms with Gasteiger partial charge in [-0.05, 0) is 18.6 Å². The maximum absolute atomic E-state index is 11.9. The molecule has 2 aromatic rings. The van der Waals surface area contributed by atoms with Crippen molar-refractivity contribution in [2.75, 3.05) is 0 Å². The molecule has 22 heavy (non-hydrogen) atoms. The van der Waals surface area contributed by atoms with E-state index < -0.39 is 11.7 Å². The zero-order valence-corrected chi connectivity index (χ0v) is 12.2. The molecule has 0 spiro atoms. The van der Waals surface area contributed by atoms with E-state index in [4.69, 9.17) is 9.52 Å². The number of amides is 1. The summed E-state index contributed by atoms with van der Waals surface area (Å²) in [6.07, 6.45) is 0.328. The van der Waals surface area contributed by atoms with E-state index in [2.05, 4.69) is 5.32 Å². The molecule has 0 aliphatic carbocycles. The number of para-hydroxylation sites is 2. The number of nitrogens with one attached hydrogen (secondary N) is 1. The first kappa shape index (κ1) is 15.8. The lowest BCUT2D eigenvalue weighted by molar-refractivity contribution is -0.138. The highest BCUT2D eigenvalue weighted by molar-refractivity contribution is 5.80. The molecule has 0 fully saturated rings. The first-order chi connectivity index (χ1) is 10.5. The molecule has 2 rings (SSSR count). The molecule has 118 valence electrons. The Labute approximate surface area is 126 Å². The highest BCUT2D eigenvalue weighted by Crippen LogP contribution is 2.12. The van der Waals surface area contributed by atoms with E-state index in [1.165, 1.54) is 4.57 Å².